The maximum absolute atomic E-state index is 12.1. The van der Waals surface area contributed by atoms with Crippen LogP contribution in [0.3, 0.4) is 0 Å². The predicted octanol–water partition coefficient (Wildman–Crippen LogP) is 3.38. The second-order valence-corrected chi connectivity index (χ2v) is 7.91. The first kappa shape index (κ1) is 16.9. The highest BCUT2D eigenvalue weighted by Gasteiger charge is 2.12. The minimum Gasteiger partial charge on any atom is -0.309 e. The van der Waals surface area contributed by atoms with E-state index in [9.17, 15) is 4.79 Å². The van der Waals surface area contributed by atoms with Gasteiger partial charge in [0.15, 0.2) is 0 Å². The molecule has 0 aliphatic heterocycles. The molecule has 3 heterocycles. The van der Waals surface area contributed by atoms with Crippen LogP contribution in [-0.4, -0.2) is 30.2 Å². The summed E-state index contributed by atoms with van der Waals surface area (Å²) < 4.78 is 2.34. The van der Waals surface area contributed by atoms with Crippen molar-refractivity contribution in [2.24, 2.45) is 0 Å². The van der Waals surface area contributed by atoms with Crippen LogP contribution in [0.4, 0.5) is 0 Å². The fourth-order valence-corrected chi connectivity index (χ4v) is 4.04. The maximum atomic E-state index is 12.1. The molecule has 0 amide bonds. The molecule has 0 bridgehead atoms. The van der Waals surface area contributed by atoms with Gasteiger partial charge in [-0.25, -0.2) is 4.98 Å². The average Bonchev–Trinajstić information content (AvgIpc) is 3.29. The molecule has 0 fully saturated rings. The van der Waals surface area contributed by atoms with E-state index < -0.39 is 0 Å². The van der Waals surface area contributed by atoms with Crippen LogP contribution >= 0.6 is 23.1 Å². The molecule has 0 saturated heterocycles. The van der Waals surface area contributed by atoms with E-state index in [1.807, 2.05) is 23.6 Å². The van der Waals surface area contributed by atoms with E-state index in [-0.39, 0.29) is 5.56 Å². The number of nitrogens with one attached hydrogen (secondary N) is 1. The smallest absolute Gasteiger partial charge is 0.268 e. The molecule has 0 aliphatic carbocycles. The first-order valence-electron chi connectivity index (χ1n) is 8.10. The molecule has 132 valence electrons. The van der Waals surface area contributed by atoms with Crippen molar-refractivity contribution in [2.75, 3.05) is 0 Å². The van der Waals surface area contributed by atoms with Gasteiger partial charge in [-0.05, 0) is 45.5 Å². The number of hydrogen-bond acceptors (Lipinski definition) is 7. The Morgan fingerprint density at radius 3 is 2.81 bits per heavy atom. The largest absolute Gasteiger partial charge is 0.309 e. The molecule has 0 atom stereocenters. The summed E-state index contributed by atoms with van der Waals surface area (Å²) in [6, 6.07) is 10.0. The molecule has 26 heavy (non-hydrogen) atoms. The monoisotopic (exact) mass is 384 g/mol. The van der Waals surface area contributed by atoms with E-state index in [1.165, 1.54) is 28.7 Å². The minimum absolute atomic E-state index is 0.107. The standard InChI is InChI=1S/C17H16N6OS2/c1-10(2)11-3-5-12(6-4-11)23-17(20-21-22-23)26-9-14-18-13-7-8-25-15(13)16(24)19-14/h3-8,10H,9H2,1-2H3,(H,18,19,24). The Morgan fingerprint density at radius 1 is 1.23 bits per heavy atom. The Morgan fingerprint density at radius 2 is 2.04 bits per heavy atom. The molecule has 1 aromatic carbocycles. The van der Waals surface area contributed by atoms with Gasteiger partial charge in [0.1, 0.15) is 10.5 Å². The van der Waals surface area contributed by atoms with Gasteiger partial charge in [0.2, 0.25) is 5.16 Å². The lowest BCUT2D eigenvalue weighted by molar-refractivity contribution is 0.754. The Kier molecular flexibility index (Phi) is 4.56. The molecule has 4 rings (SSSR count). The highest BCUT2D eigenvalue weighted by molar-refractivity contribution is 7.98. The van der Waals surface area contributed by atoms with Crippen LogP contribution in [0.5, 0.6) is 0 Å². The number of thioether (sulfide) groups is 1. The molecule has 3 aromatic heterocycles. The van der Waals surface area contributed by atoms with E-state index >= 15 is 0 Å². The van der Waals surface area contributed by atoms with Crippen molar-refractivity contribution in [1.82, 2.24) is 30.2 Å². The van der Waals surface area contributed by atoms with Crippen molar-refractivity contribution in [3.8, 4) is 5.69 Å². The Labute approximate surface area is 157 Å². The van der Waals surface area contributed by atoms with Crippen molar-refractivity contribution in [1.29, 1.82) is 0 Å². The fraction of sp³-hybridized carbons (Fsp3) is 0.235. The number of aromatic amines is 1. The van der Waals surface area contributed by atoms with E-state index in [4.69, 9.17) is 0 Å². The first-order chi connectivity index (χ1) is 12.6. The van der Waals surface area contributed by atoms with Crippen molar-refractivity contribution in [3.63, 3.8) is 0 Å². The number of rotatable bonds is 5. The van der Waals surface area contributed by atoms with Gasteiger partial charge in [0, 0.05) is 0 Å². The van der Waals surface area contributed by atoms with Crippen LogP contribution in [0.25, 0.3) is 15.9 Å². The minimum atomic E-state index is -0.107. The van der Waals surface area contributed by atoms with Crippen LogP contribution in [0.2, 0.25) is 0 Å². The quantitative estimate of drug-likeness (QED) is 0.531. The summed E-state index contributed by atoms with van der Waals surface area (Å²) in [5.41, 5.74) is 2.78. The molecule has 0 radical (unpaired) electrons. The molecular formula is C17H16N6OS2. The highest BCUT2D eigenvalue weighted by atomic mass is 32.2. The predicted molar refractivity (Wildman–Crippen MR) is 103 cm³/mol. The van der Waals surface area contributed by atoms with Gasteiger partial charge in [-0.2, -0.15) is 4.68 Å². The Balaban J connectivity index is 1.56. The zero-order chi connectivity index (χ0) is 18.1. The summed E-state index contributed by atoms with van der Waals surface area (Å²) >= 11 is 2.82. The number of aromatic nitrogens is 6. The molecule has 9 heteroatoms. The summed E-state index contributed by atoms with van der Waals surface area (Å²) in [5, 5.41) is 14.5. The summed E-state index contributed by atoms with van der Waals surface area (Å²) in [5.74, 6) is 1.56. The number of nitrogens with zero attached hydrogens (tertiary/aromatic N) is 5. The van der Waals surface area contributed by atoms with E-state index in [2.05, 4.69) is 51.5 Å². The van der Waals surface area contributed by atoms with Crippen molar-refractivity contribution in [2.45, 2.75) is 30.7 Å². The number of tetrazole rings is 1. The summed E-state index contributed by atoms with van der Waals surface area (Å²) in [6.07, 6.45) is 0. The maximum Gasteiger partial charge on any atom is 0.268 e. The molecule has 0 aliphatic rings. The lowest BCUT2D eigenvalue weighted by Gasteiger charge is -2.08. The second kappa shape index (κ2) is 7.00. The summed E-state index contributed by atoms with van der Waals surface area (Å²) in [6.45, 7) is 4.32. The van der Waals surface area contributed by atoms with Crippen molar-refractivity contribution in [3.05, 3.63) is 57.5 Å². The third kappa shape index (κ3) is 3.27. The molecule has 0 unspecified atom stereocenters. The third-order valence-corrected chi connectivity index (χ3v) is 5.78. The zero-order valence-corrected chi connectivity index (χ0v) is 15.8. The average molecular weight is 384 g/mol. The number of benzene rings is 1. The molecule has 7 nitrogen and oxygen atoms in total. The van der Waals surface area contributed by atoms with Crippen LogP contribution in [-0.2, 0) is 5.75 Å². The number of thiophene rings is 1. The lowest BCUT2D eigenvalue weighted by Crippen LogP contribution is -2.09. The SMILES string of the molecule is CC(C)c1ccc(-n2nnnc2SCc2nc3ccsc3c(=O)[nH]2)cc1. The van der Waals surface area contributed by atoms with Gasteiger partial charge in [-0.3, -0.25) is 4.79 Å². The van der Waals surface area contributed by atoms with Gasteiger partial charge in [0.05, 0.1) is 17.0 Å². The number of hydrogen-bond donors (Lipinski definition) is 1. The Hall–Kier alpha value is -2.52. The Bertz CT molecular complexity index is 1100. The van der Waals surface area contributed by atoms with Crippen LogP contribution in [0.1, 0.15) is 31.2 Å². The number of fused-ring (bicyclic) bond motifs is 1. The number of H-pyrrole nitrogens is 1. The molecule has 4 aromatic rings. The molecule has 0 saturated carbocycles. The van der Waals surface area contributed by atoms with Crippen LogP contribution in [0, 0.1) is 0 Å². The molecular weight excluding hydrogens is 368 g/mol. The summed E-state index contributed by atoms with van der Waals surface area (Å²) in [7, 11) is 0. The fourth-order valence-electron chi connectivity index (χ4n) is 2.55. The van der Waals surface area contributed by atoms with Crippen molar-refractivity contribution >= 4 is 33.3 Å². The van der Waals surface area contributed by atoms with E-state index in [1.54, 1.807) is 4.68 Å². The zero-order valence-electron chi connectivity index (χ0n) is 14.2. The second-order valence-electron chi connectivity index (χ2n) is 6.06. The molecule has 0 spiro atoms. The molecule has 1 N–H and O–H groups in total. The lowest BCUT2D eigenvalue weighted by atomic mass is 10.0. The first-order valence-corrected chi connectivity index (χ1v) is 9.96. The topological polar surface area (TPSA) is 89.3 Å². The normalized spacial score (nSPS) is 11.5. The van der Waals surface area contributed by atoms with Gasteiger partial charge in [0.25, 0.3) is 5.56 Å². The van der Waals surface area contributed by atoms with Gasteiger partial charge < -0.3 is 4.98 Å². The van der Waals surface area contributed by atoms with E-state index in [0.29, 0.717) is 27.4 Å². The third-order valence-electron chi connectivity index (χ3n) is 3.95. The van der Waals surface area contributed by atoms with Gasteiger partial charge in [-0.15, -0.1) is 16.4 Å². The van der Waals surface area contributed by atoms with E-state index in [0.717, 1.165) is 11.2 Å². The van der Waals surface area contributed by atoms with Crippen LogP contribution in [0.15, 0.2) is 45.7 Å². The highest BCUT2D eigenvalue weighted by Crippen LogP contribution is 2.23. The summed E-state index contributed by atoms with van der Waals surface area (Å²) in [4.78, 5) is 19.4. The van der Waals surface area contributed by atoms with Gasteiger partial charge in [-0.1, -0.05) is 37.7 Å². The van der Waals surface area contributed by atoms with Crippen molar-refractivity contribution < 1.29 is 0 Å². The van der Waals surface area contributed by atoms with Gasteiger partial charge >= 0.3 is 0 Å². The van der Waals surface area contributed by atoms with Crippen LogP contribution < -0.4 is 5.56 Å².